The van der Waals surface area contributed by atoms with E-state index in [1.54, 1.807) is 67.7 Å². The van der Waals surface area contributed by atoms with Gasteiger partial charge in [-0.15, -0.1) is 0 Å². The van der Waals surface area contributed by atoms with Gasteiger partial charge in [0.2, 0.25) is 5.91 Å². The molecule has 4 aromatic rings. The summed E-state index contributed by atoms with van der Waals surface area (Å²) in [6, 6.07) is 18.9. The minimum Gasteiger partial charge on any atom is -0.497 e. The topological polar surface area (TPSA) is 135 Å². The lowest BCUT2D eigenvalue weighted by Gasteiger charge is -2.32. The number of methoxy groups -OCH3 is 2. The number of carbonyl (C=O) groups excluding carboxylic acids is 1. The molecule has 3 aromatic carbocycles. The summed E-state index contributed by atoms with van der Waals surface area (Å²) in [6.45, 7) is 1.85. The van der Waals surface area contributed by atoms with Crippen molar-refractivity contribution in [2.24, 2.45) is 11.8 Å². The smallest absolute Gasteiger partial charge is 0.263 e. The van der Waals surface area contributed by atoms with Gasteiger partial charge in [0, 0.05) is 49.2 Å². The quantitative estimate of drug-likeness (QED) is 0.236. The van der Waals surface area contributed by atoms with Crippen LogP contribution in [0.15, 0.2) is 71.6 Å². The number of ether oxygens (including phenoxy) is 2. The van der Waals surface area contributed by atoms with Crippen LogP contribution in [0.5, 0.6) is 11.5 Å². The van der Waals surface area contributed by atoms with Crippen LogP contribution in [0.3, 0.4) is 0 Å². The second kappa shape index (κ2) is 11.5. The first kappa shape index (κ1) is 27.7. The summed E-state index contributed by atoms with van der Waals surface area (Å²) in [6.07, 6.45) is 2.14. The van der Waals surface area contributed by atoms with Crippen molar-refractivity contribution in [1.82, 2.24) is 15.3 Å². The molecule has 2 aliphatic rings. The zero-order valence-corrected chi connectivity index (χ0v) is 24.1. The number of benzene rings is 3. The van der Waals surface area contributed by atoms with Crippen molar-refractivity contribution in [2.45, 2.75) is 17.7 Å². The fraction of sp³-hybridized carbons (Fsp3) is 0.300. The highest BCUT2D eigenvalue weighted by Gasteiger charge is 2.34. The Labute approximate surface area is 244 Å². The van der Waals surface area contributed by atoms with Gasteiger partial charge in [-0.1, -0.05) is 18.2 Å². The van der Waals surface area contributed by atoms with E-state index >= 15 is 0 Å². The van der Waals surface area contributed by atoms with Crippen LogP contribution in [-0.4, -0.2) is 58.1 Å². The van der Waals surface area contributed by atoms with E-state index in [0.717, 1.165) is 12.8 Å². The first-order valence-electron chi connectivity index (χ1n) is 13.7. The molecule has 2 fully saturated rings. The first-order valence-corrected chi connectivity index (χ1v) is 15.2. The molecule has 0 radical (unpaired) electrons. The van der Waals surface area contributed by atoms with Gasteiger partial charge >= 0.3 is 0 Å². The van der Waals surface area contributed by atoms with Crippen LogP contribution in [0.1, 0.15) is 12.8 Å². The van der Waals surface area contributed by atoms with Gasteiger partial charge in [0.1, 0.15) is 11.5 Å². The maximum atomic E-state index is 13.8. The second-order valence-corrected chi connectivity index (χ2v) is 12.2. The van der Waals surface area contributed by atoms with E-state index in [9.17, 15) is 13.2 Å². The molecule has 11 nitrogen and oxygen atoms in total. The van der Waals surface area contributed by atoms with E-state index in [1.165, 1.54) is 6.07 Å². The van der Waals surface area contributed by atoms with Crippen molar-refractivity contribution < 1.29 is 22.7 Å². The molecule has 218 valence electrons. The minimum atomic E-state index is -4.12. The van der Waals surface area contributed by atoms with E-state index < -0.39 is 10.0 Å². The van der Waals surface area contributed by atoms with Crippen LogP contribution < -0.4 is 29.7 Å². The number of hydrogen-bond acceptors (Lipinski definition) is 9. The van der Waals surface area contributed by atoms with E-state index in [-0.39, 0.29) is 28.4 Å². The Bertz CT molecular complexity index is 1720. The summed E-state index contributed by atoms with van der Waals surface area (Å²) >= 11 is 0. The van der Waals surface area contributed by atoms with Crippen molar-refractivity contribution in [3.63, 3.8) is 0 Å². The van der Waals surface area contributed by atoms with Crippen LogP contribution in [0.4, 0.5) is 23.0 Å². The number of nitrogens with zero attached hydrogens (tertiary/aromatic N) is 3. The number of aromatic nitrogens is 2. The molecule has 1 aliphatic heterocycles. The van der Waals surface area contributed by atoms with Crippen molar-refractivity contribution >= 4 is 50.0 Å². The van der Waals surface area contributed by atoms with E-state index in [4.69, 9.17) is 9.47 Å². The Balaban J connectivity index is 1.34. The Morgan fingerprint density at radius 2 is 1.60 bits per heavy atom. The zero-order chi connectivity index (χ0) is 29.3. The maximum absolute atomic E-state index is 13.8. The van der Waals surface area contributed by atoms with Crippen LogP contribution in [0.25, 0.3) is 11.0 Å². The second-order valence-electron chi connectivity index (χ2n) is 10.5. The highest BCUT2D eigenvalue weighted by atomic mass is 32.2. The Morgan fingerprint density at radius 1 is 0.929 bits per heavy atom. The molecule has 1 amide bonds. The summed E-state index contributed by atoms with van der Waals surface area (Å²) in [5.74, 6) is 1.68. The number of hydrogen-bond donors (Lipinski definition) is 3. The molecule has 0 bridgehead atoms. The average Bonchev–Trinajstić information content (AvgIpc) is 3.79. The lowest BCUT2D eigenvalue weighted by atomic mass is 10.0. The van der Waals surface area contributed by atoms with Crippen molar-refractivity contribution in [1.29, 1.82) is 0 Å². The average molecular weight is 589 g/mol. The number of anilines is 4. The number of para-hydroxylation sites is 2. The summed E-state index contributed by atoms with van der Waals surface area (Å²) in [4.78, 5) is 24.3. The van der Waals surface area contributed by atoms with E-state index in [0.29, 0.717) is 59.5 Å². The largest absolute Gasteiger partial charge is 0.497 e. The Hall–Kier alpha value is -4.42. The van der Waals surface area contributed by atoms with Gasteiger partial charge in [-0.25, -0.2) is 18.4 Å². The molecule has 0 spiro atoms. The van der Waals surface area contributed by atoms with Crippen LogP contribution >= 0.6 is 0 Å². The first-order chi connectivity index (χ1) is 20.3. The molecule has 0 unspecified atom stereocenters. The fourth-order valence-corrected chi connectivity index (χ4v) is 5.79. The normalized spacial score (nSPS) is 15.1. The number of fused-ring (bicyclic) bond motifs is 1. The molecule has 0 atom stereocenters. The predicted molar refractivity (Wildman–Crippen MR) is 161 cm³/mol. The van der Waals surface area contributed by atoms with Gasteiger partial charge in [0.15, 0.2) is 11.6 Å². The molecular formula is C30H32N6O5S. The Kier molecular flexibility index (Phi) is 7.56. The maximum Gasteiger partial charge on any atom is 0.263 e. The number of nitrogens with one attached hydrogen (secondary N) is 3. The molecule has 42 heavy (non-hydrogen) atoms. The molecule has 2 heterocycles. The van der Waals surface area contributed by atoms with Gasteiger partial charge in [0.05, 0.1) is 36.1 Å². The predicted octanol–water partition coefficient (Wildman–Crippen LogP) is 4.15. The standard InChI is InChI=1S/C30H32N6O5S/c1-40-23-12-21(13-24(15-23)41-2)32-28-29(34-27-9-4-3-8-26(27)33-28)35-42(38,39)25-7-5-6-22(14-25)36(18-19-10-11-19)30(37)20-16-31-17-20/h3-9,12-15,19-20,31H,10-11,16-18H2,1-2H3,(H,32,33)(H,34,35). The number of rotatable bonds is 11. The molecule has 1 saturated heterocycles. The minimum absolute atomic E-state index is 0.0174. The lowest BCUT2D eigenvalue weighted by molar-refractivity contribution is -0.123. The SMILES string of the molecule is COc1cc(Nc2nc3ccccc3nc2NS(=O)(=O)c2cccc(N(CC3CC3)C(=O)C3CNC3)c2)cc(OC)c1. The summed E-state index contributed by atoms with van der Waals surface area (Å²) < 4.78 is 40.9. The summed E-state index contributed by atoms with van der Waals surface area (Å²) in [7, 11) is -1.03. The third-order valence-corrected chi connectivity index (χ3v) is 8.73. The molecule has 1 saturated carbocycles. The lowest BCUT2D eigenvalue weighted by Crippen LogP contribution is -2.52. The van der Waals surface area contributed by atoms with Crippen molar-refractivity contribution in [3.8, 4) is 11.5 Å². The van der Waals surface area contributed by atoms with Gasteiger partial charge in [0.25, 0.3) is 10.0 Å². The van der Waals surface area contributed by atoms with Crippen molar-refractivity contribution in [2.75, 3.05) is 48.8 Å². The van der Waals surface area contributed by atoms with Crippen molar-refractivity contribution in [3.05, 3.63) is 66.7 Å². The number of sulfonamides is 1. The van der Waals surface area contributed by atoms with E-state index in [2.05, 4.69) is 25.3 Å². The van der Waals surface area contributed by atoms with Gasteiger partial charge in [-0.2, -0.15) is 0 Å². The van der Waals surface area contributed by atoms with Gasteiger partial charge in [-0.3, -0.25) is 9.52 Å². The fourth-order valence-electron chi connectivity index (χ4n) is 4.74. The molecule has 6 rings (SSSR count). The third-order valence-electron chi connectivity index (χ3n) is 7.39. The highest BCUT2D eigenvalue weighted by Crippen LogP contribution is 2.34. The van der Waals surface area contributed by atoms with Crippen LogP contribution in [0.2, 0.25) is 0 Å². The molecular weight excluding hydrogens is 556 g/mol. The van der Waals surface area contributed by atoms with Gasteiger partial charge in [-0.05, 0) is 49.1 Å². The van der Waals surface area contributed by atoms with Gasteiger partial charge < -0.3 is 25.0 Å². The summed E-state index contributed by atoms with van der Waals surface area (Å²) in [5.41, 5.74) is 2.23. The molecule has 12 heteroatoms. The van der Waals surface area contributed by atoms with Crippen LogP contribution in [0, 0.1) is 11.8 Å². The number of amides is 1. The molecule has 1 aliphatic carbocycles. The summed E-state index contributed by atoms with van der Waals surface area (Å²) in [5, 5.41) is 6.31. The number of carbonyl (C=O) groups is 1. The molecule has 1 aromatic heterocycles. The zero-order valence-electron chi connectivity index (χ0n) is 23.3. The molecule has 3 N–H and O–H groups in total. The van der Waals surface area contributed by atoms with E-state index in [1.807, 2.05) is 12.1 Å². The van der Waals surface area contributed by atoms with Crippen LogP contribution in [-0.2, 0) is 14.8 Å². The monoisotopic (exact) mass is 588 g/mol. The highest BCUT2D eigenvalue weighted by molar-refractivity contribution is 7.92. The Morgan fingerprint density at radius 3 is 2.19 bits per heavy atom. The third kappa shape index (κ3) is 5.95.